The molecule has 1 aromatic rings. The van der Waals surface area contributed by atoms with Crippen molar-refractivity contribution in [3.05, 3.63) is 27.1 Å². The lowest BCUT2D eigenvalue weighted by Crippen LogP contribution is -2.57. The van der Waals surface area contributed by atoms with Gasteiger partial charge in [0.1, 0.15) is 0 Å². The Bertz CT molecular complexity index is 503. The normalized spacial score (nSPS) is 22.8. The molecule has 2 heterocycles. The molecule has 110 valence electrons. The molecular formula is C13H19N3O3S. The summed E-state index contributed by atoms with van der Waals surface area (Å²) >= 11 is 0.953. The second kappa shape index (κ2) is 6.32. The van der Waals surface area contributed by atoms with Crippen molar-refractivity contribution in [3.63, 3.8) is 0 Å². The van der Waals surface area contributed by atoms with Gasteiger partial charge in [0.05, 0.1) is 9.80 Å². The lowest BCUT2D eigenvalue weighted by molar-refractivity contribution is -0.380. The molecule has 1 fully saturated rings. The molecule has 0 radical (unpaired) electrons. The van der Waals surface area contributed by atoms with Gasteiger partial charge >= 0.3 is 5.00 Å². The van der Waals surface area contributed by atoms with Crippen LogP contribution < -0.4 is 5.32 Å². The van der Waals surface area contributed by atoms with E-state index in [0.717, 1.165) is 30.7 Å². The zero-order valence-corrected chi connectivity index (χ0v) is 12.5. The van der Waals surface area contributed by atoms with E-state index in [1.165, 1.54) is 6.07 Å². The van der Waals surface area contributed by atoms with Crippen molar-refractivity contribution >= 4 is 22.2 Å². The minimum absolute atomic E-state index is 0.0172. The van der Waals surface area contributed by atoms with Gasteiger partial charge in [-0.3, -0.25) is 14.9 Å². The van der Waals surface area contributed by atoms with Crippen molar-refractivity contribution < 1.29 is 9.72 Å². The second-order valence-electron chi connectivity index (χ2n) is 4.93. The first kappa shape index (κ1) is 14.9. The van der Waals surface area contributed by atoms with Gasteiger partial charge < -0.3 is 10.2 Å². The van der Waals surface area contributed by atoms with E-state index in [1.807, 2.05) is 4.90 Å². The van der Waals surface area contributed by atoms with Gasteiger partial charge in [0.2, 0.25) is 0 Å². The molecule has 7 heteroatoms. The molecule has 2 rings (SSSR count). The van der Waals surface area contributed by atoms with E-state index in [2.05, 4.69) is 19.2 Å². The molecule has 6 nitrogen and oxygen atoms in total. The number of piperazine rings is 1. The van der Waals surface area contributed by atoms with Crippen molar-refractivity contribution in [3.8, 4) is 0 Å². The van der Waals surface area contributed by atoms with Crippen molar-refractivity contribution in [2.75, 3.05) is 13.1 Å². The Labute approximate surface area is 121 Å². The number of nitrogens with one attached hydrogen (secondary N) is 1. The van der Waals surface area contributed by atoms with Crippen molar-refractivity contribution in [1.82, 2.24) is 10.2 Å². The molecule has 1 aliphatic heterocycles. The van der Waals surface area contributed by atoms with Gasteiger partial charge in [0.15, 0.2) is 0 Å². The minimum atomic E-state index is -0.453. The molecule has 1 aromatic heterocycles. The summed E-state index contributed by atoms with van der Waals surface area (Å²) < 4.78 is 0. The van der Waals surface area contributed by atoms with E-state index in [-0.39, 0.29) is 17.0 Å². The van der Waals surface area contributed by atoms with Gasteiger partial charge in [-0.25, -0.2) is 0 Å². The molecule has 0 aliphatic carbocycles. The van der Waals surface area contributed by atoms with Crippen molar-refractivity contribution in [1.29, 1.82) is 0 Å². The van der Waals surface area contributed by atoms with Gasteiger partial charge in [0.25, 0.3) is 5.91 Å². The highest BCUT2D eigenvalue weighted by atomic mass is 32.1. The zero-order valence-electron chi connectivity index (χ0n) is 11.7. The lowest BCUT2D eigenvalue weighted by Gasteiger charge is -2.39. The minimum Gasteiger partial charge on any atom is -0.332 e. The molecule has 2 atom stereocenters. The van der Waals surface area contributed by atoms with E-state index in [9.17, 15) is 14.9 Å². The molecule has 1 N–H and O–H groups in total. The fourth-order valence-corrected chi connectivity index (χ4v) is 3.21. The van der Waals surface area contributed by atoms with Crippen LogP contribution in [0.5, 0.6) is 0 Å². The number of carbonyl (C=O) groups excluding carboxylic acids is 1. The number of carbonyl (C=O) groups is 1. The Morgan fingerprint density at radius 3 is 2.80 bits per heavy atom. The highest BCUT2D eigenvalue weighted by molar-refractivity contribution is 7.17. The quantitative estimate of drug-likeness (QED) is 0.683. The van der Waals surface area contributed by atoms with Crippen LogP contribution in [0.4, 0.5) is 5.00 Å². The van der Waals surface area contributed by atoms with Crippen LogP contribution in [0, 0.1) is 10.1 Å². The third-order valence-corrected chi connectivity index (χ3v) is 4.73. The largest absolute Gasteiger partial charge is 0.332 e. The van der Waals surface area contributed by atoms with Crippen LogP contribution >= 0.6 is 11.3 Å². The SMILES string of the molecule is CCC1CN(C(=O)c2ccc([N+](=O)[O-])s2)C(CC)CN1. The predicted octanol–water partition coefficient (Wildman–Crippen LogP) is 2.26. The summed E-state index contributed by atoms with van der Waals surface area (Å²) in [5, 5.41) is 14.2. The average molecular weight is 297 g/mol. The Morgan fingerprint density at radius 2 is 2.25 bits per heavy atom. The summed E-state index contributed by atoms with van der Waals surface area (Å²) in [5.41, 5.74) is 0. The van der Waals surface area contributed by atoms with Crippen LogP contribution in [-0.2, 0) is 0 Å². The van der Waals surface area contributed by atoms with Crippen LogP contribution in [0.25, 0.3) is 0 Å². The van der Waals surface area contributed by atoms with E-state index >= 15 is 0 Å². The zero-order chi connectivity index (χ0) is 14.7. The molecule has 2 unspecified atom stereocenters. The van der Waals surface area contributed by atoms with E-state index in [4.69, 9.17) is 0 Å². The lowest BCUT2D eigenvalue weighted by atomic mass is 10.0. The molecule has 0 saturated carbocycles. The van der Waals surface area contributed by atoms with Gasteiger partial charge in [-0.15, -0.1) is 0 Å². The maximum Gasteiger partial charge on any atom is 0.324 e. The molecular weight excluding hydrogens is 278 g/mol. The summed E-state index contributed by atoms with van der Waals surface area (Å²) in [6.07, 6.45) is 1.84. The van der Waals surface area contributed by atoms with Crippen LogP contribution in [-0.4, -0.2) is 40.9 Å². The Balaban J connectivity index is 2.17. The van der Waals surface area contributed by atoms with Gasteiger partial charge in [0, 0.05) is 31.2 Å². The number of nitro groups is 1. The summed E-state index contributed by atoms with van der Waals surface area (Å²) in [6, 6.07) is 3.42. The number of hydrogen-bond donors (Lipinski definition) is 1. The van der Waals surface area contributed by atoms with Crippen molar-refractivity contribution in [2.24, 2.45) is 0 Å². The fourth-order valence-electron chi connectivity index (χ4n) is 2.43. The number of rotatable bonds is 4. The highest BCUT2D eigenvalue weighted by Gasteiger charge is 2.31. The Morgan fingerprint density at radius 1 is 1.50 bits per heavy atom. The highest BCUT2D eigenvalue weighted by Crippen LogP contribution is 2.26. The molecule has 20 heavy (non-hydrogen) atoms. The molecule has 0 bridgehead atoms. The number of hydrogen-bond acceptors (Lipinski definition) is 5. The molecule has 1 aliphatic rings. The first-order valence-electron chi connectivity index (χ1n) is 6.85. The smallest absolute Gasteiger partial charge is 0.324 e. The van der Waals surface area contributed by atoms with Crippen LogP contribution in [0.3, 0.4) is 0 Å². The third kappa shape index (κ3) is 2.99. The fraction of sp³-hybridized carbons (Fsp3) is 0.615. The summed E-state index contributed by atoms with van der Waals surface area (Å²) in [6.45, 7) is 5.59. The molecule has 0 aromatic carbocycles. The molecule has 1 saturated heterocycles. The van der Waals surface area contributed by atoms with Crippen LogP contribution in [0.1, 0.15) is 36.4 Å². The number of nitrogens with zero attached hydrogens (tertiary/aromatic N) is 2. The summed E-state index contributed by atoms with van der Waals surface area (Å²) in [7, 11) is 0. The van der Waals surface area contributed by atoms with E-state index in [1.54, 1.807) is 6.07 Å². The summed E-state index contributed by atoms with van der Waals surface area (Å²) in [5.74, 6) is -0.0881. The maximum absolute atomic E-state index is 12.6. The van der Waals surface area contributed by atoms with Gasteiger partial charge in [-0.1, -0.05) is 25.2 Å². The molecule has 1 amide bonds. The van der Waals surface area contributed by atoms with Crippen LogP contribution in [0.2, 0.25) is 0 Å². The first-order valence-corrected chi connectivity index (χ1v) is 7.67. The summed E-state index contributed by atoms with van der Waals surface area (Å²) in [4.78, 5) is 25.1. The van der Waals surface area contributed by atoms with Gasteiger partial charge in [-0.05, 0) is 18.9 Å². The number of thiophene rings is 1. The third-order valence-electron chi connectivity index (χ3n) is 3.71. The van der Waals surface area contributed by atoms with E-state index in [0.29, 0.717) is 17.5 Å². The topological polar surface area (TPSA) is 75.5 Å². The Kier molecular flexibility index (Phi) is 4.72. The number of amides is 1. The van der Waals surface area contributed by atoms with Crippen LogP contribution in [0.15, 0.2) is 12.1 Å². The van der Waals surface area contributed by atoms with Gasteiger partial charge in [-0.2, -0.15) is 0 Å². The standard InChI is InChI=1S/C13H19N3O3S/c1-3-9-8-15(10(4-2)7-14-9)13(17)11-5-6-12(20-11)16(18)19/h5-6,9-10,14H,3-4,7-8H2,1-2H3. The second-order valence-corrected chi connectivity index (χ2v) is 5.99. The first-order chi connectivity index (χ1) is 9.56. The maximum atomic E-state index is 12.6. The van der Waals surface area contributed by atoms with E-state index < -0.39 is 4.92 Å². The predicted molar refractivity (Wildman–Crippen MR) is 78.2 cm³/mol. The Hall–Kier alpha value is -1.47. The average Bonchev–Trinajstić information content (AvgIpc) is 2.95. The van der Waals surface area contributed by atoms with Crippen molar-refractivity contribution in [2.45, 2.75) is 38.8 Å². The monoisotopic (exact) mass is 297 g/mol. The molecule has 0 spiro atoms.